The van der Waals surface area contributed by atoms with Gasteiger partial charge in [-0.25, -0.2) is 0 Å². The average molecular weight is 175 g/mol. The molecule has 1 heteroatoms. The molecule has 0 radical (unpaired) electrons. The Morgan fingerprint density at radius 3 is 3.00 bits per heavy atom. The predicted molar refractivity (Wildman–Crippen MR) is 59.2 cm³/mol. The van der Waals surface area contributed by atoms with Crippen molar-refractivity contribution in [1.82, 2.24) is 0 Å². The molecule has 0 bridgehead atoms. The Hall–Kier alpha value is -1.11. The highest BCUT2D eigenvalue weighted by Gasteiger charge is 1.93. The molecule has 1 aliphatic rings. The van der Waals surface area contributed by atoms with Crippen LogP contribution in [0.3, 0.4) is 0 Å². The van der Waals surface area contributed by atoms with E-state index in [-0.39, 0.29) is 0 Å². The van der Waals surface area contributed by atoms with E-state index in [0.717, 1.165) is 13.0 Å². The van der Waals surface area contributed by atoms with E-state index in [4.69, 9.17) is 0 Å². The van der Waals surface area contributed by atoms with Gasteiger partial charge in [0.25, 0.3) is 0 Å². The Morgan fingerprint density at radius 2 is 2.23 bits per heavy atom. The van der Waals surface area contributed by atoms with Gasteiger partial charge in [0.2, 0.25) is 0 Å². The van der Waals surface area contributed by atoms with Gasteiger partial charge in [-0.15, -0.1) is 0 Å². The minimum Gasteiger partial charge on any atom is -0.286 e. The first-order valence-corrected chi connectivity index (χ1v) is 4.87. The van der Waals surface area contributed by atoms with Crippen LogP contribution in [0.5, 0.6) is 0 Å². The summed E-state index contributed by atoms with van der Waals surface area (Å²) in [5, 5.41) is 0. The minimum absolute atomic E-state index is 0.500. The third-order valence-corrected chi connectivity index (χ3v) is 2.02. The van der Waals surface area contributed by atoms with Crippen molar-refractivity contribution in [2.45, 2.75) is 20.3 Å². The molecule has 1 heterocycles. The monoisotopic (exact) mass is 175 g/mol. The van der Waals surface area contributed by atoms with Gasteiger partial charge in [0.05, 0.1) is 6.54 Å². The second-order valence-electron chi connectivity index (χ2n) is 3.22. The first-order valence-electron chi connectivity index (χ1n) is 4.87. The van der Waals surface area contributed by atoms with E-state index in [1.54, 1.807) is 0 Å². The maximum absolute atomic E-state index is 4.45. The van der Waals surface area contributed by atoms with Gasteiger partial charge in [0.15, 0.2) is 0 Å². The van der Waals surface area contributed by atoms with Crippen molar-refractivity contribution in [3.8, 4) is 0 Å². The number of nitrogens with zero attached hydrogens (tertiary/aromatic N) is 1. The lowest BCUT2D eigenvalue weighted by Gasteiger charge is -2.00. The predicted octanol–water partition coefficient (Wildman–Crippen LogP) is 3.16. The summed E-state index contributed by atoms with van der Waals surface area (Å²) in [6.07, 6.45) is 13.8. The molecule has 0 aliphatic carbocycles. The van der Waals surface area contributed by atoms with Crippen LogP contribution >= 0.6 is 0 Å². The summed E-state index contributed by atoms with van der Waals surface area (Å²) in [5.74, 6) is 0.500. The fourth-order valence-electron chi connectivity index (χ4n) is 1.16. The number of hydrogen-bond donors (Lipinski definition) is 0. The van der Waals surface area contributed by atoms with Crippen LogP contribution in [0.2, 0.25) is 0 Å². The van der Waals surface area contributed by atoms with Gasteiger partial charge in [-0.1, -0.05) is 44.2 Å². The summed E-state index contributed by atoms with van der Waals surface area (Å²) in [7, 11) is 0. The summed E-state index contributed by atoms with van der Waals surface area (Å²) < 4.78 is 0. The molecule has 0 fully saturated rings. The van der Waals surface area contributed by atoms with Crippen molar-refractivity contribution in [1.29, 1.82) is 0 Å². The van der Waals surface area contributed by atoms with Gasteiger partial charge < -0.3 is 0 Å². The third kappa shape index (κ3) is 3.88. The maximum atomic E-state index is 4.45. The summed E-state index contributed by atoms with van der Waals surface area (Å²) in [6.45, 7) is 5.11. The quantitative estimate of drug-likeness (QED) is 0.580. The van der Waals surface area contributed by atoms with Crippen molar-refractivity contribution in [2.75, 3.05) is 6.54 Å². The zero-order valence-electron chi connectivity index (χ0n) is 8.40. The van der Waals surface area contributed by atoms with Crippen molar-refractivity contribution >= 4 is 5.71 Å². The molecule has 0 aromatic heterocycles. The third-order valence-electron chi connectivity index (χ3n) is 2.02. The summed E-state index contributed by atoms with van der Waals surface area (Å²) >= 11 is 0. The van der Waals surface area contributed by atoms with E-state index in [1.165, 1.54) is 5.71 Å². The standard InChI is InChI=1S/C12H17N/c1-3-12-9-8-11(2)7-5-4-6-10-13-12/h4-9,11H,3,10H2,1-2H3/b6-4-,7-5-,9-8-,13-12?. The van der Waals surface area contributed by atoms with Crippen molar-refractivity contribution in [2.24, 2.45) is 10.9 Å². The molecule has 0 N–H and O–H groups in total. The number of allylic oxidation sites excluding steroid dienone is 5. The molecule has 1 aliphatic heterocycles. The zero-order chi connectivity index (χ0) is 9.52. The van der Waals surface area contributed by atoms with Crippen LogP contribution < -0.4 is 0 Å². The lowest BCUT2D eigenvalue weighted by atomic mass is 10.1. The smallest absolute Gasteiger partial charge is 0.0576 e. The summed E-state index contributed by atoms with van der Waals surface area (Å²) in [5.41, 5.74) is 1.19. The number of rotatable bonds is 1. The van der Waals surface area contributed by atoms with Gasteiger partial charge in [-0.3, -0.25) is 4.99 Å². The fraction of sp³-hybridized carbons (Fsp3) is 0.417. The normalized spacial score (nSPS) is 30.3. The van der Waals surface area contributed by atoms with Crippen LogP contribution in [0, 0.1) is 5.92 Å². The second-order valence-corrected chi connectivity index (χ2v) is 3.22. The molecule has 0 aromatic carbocycles. The molecule has 0 amide bonds. The van der Waals surface area contributed by atoms with E-state index < -0.39 is 0 Å². The molecule has 1 atom stereocenters. The van der Waals surface area contributed by atoms with Crippen LogP contribution in [0.4, 0.5) is 0 Å². The van der Waals surface area contributed by atoms with Gasteiger partial charge >= 0.3 is 0 Å². The van der Waals surface area contributed by atoms with Crippen LogP contribution in [0.25, 0.3) is 0 Å². The highest BCUT2D eigenvalue weighted by molar-refractivity contribution is 5.94. The van der Waals surface area contributed by atoms with Crippen LogP contribution in [0.1, 0.15) is 20.3 Å². The molecule has 1 nitrogen and oxygen atoms in total. The Kier molecular flexibility index (Phi) is 4.24. The van der Waals surface area contributed by atoms with Gasteiger partial charge in [-0.05, 0) is 18.4 Å². The van der Waals surface area contributed by atoms with E-state index in [1.807, 2.05) is 0 Å². The second kappa shape index (κ2) is 5.52. The molecule has 0 saturated carbocycles. The Bertz CT molecular complexity index is 256. The first kappa shape index (κ1) is 9.97. The van der Waals surface area contributed by atoms with Crippen LogP contribution in [-0.2, 0) is 0 Å². The summed E-state index contributed by atoms with van der Waals surface area (Å²) in [6, 6.07) is 0. The first-order chi connectivity index (χ1) is 6.33. The Morgan fingerprint density at radius 1 is 1.38 bits per heavy atom. The van der Waals surface area contributed by atoms with Crippen LogP contribution in [0.15, 0.2) is 41.4 Å². The molecule has 13 heavy (non-hydrogen) atoms. The summed E-state index contributed by atoms with van der Waals surface area (Å²) in [4.78, 5) is 4.45. The Labute approximate surface area is 80.6 Å². The minimum atomic E-state index is 0.500. The maximum Gasteiger partial charge on any atom is 0.0576 e. The largest absolute Gasteiger partial charge is 0.286 e. The van der Waals surface area contributed by atoms with Crippen molar-refractivity contribution < 1.29 is 0 Å². The van der Waals surface area contributed by atoms with Crippen LogP contribution in [-0.4, -0.2) is 12.3 Å². The molecular formula is C12H17N. The topological polar surface area (TPSA) is 12.4 Å². The van der Waals surface area contributed by atoms with Gasteiger partial charge in [0.1, 0.15) is 0 Å². The van der Waals surface area contributed by atoms with Crippen molar-refractivity contribution in [3.05, 3.63) is 36.5 Å². The molecule has 0 spiro atoms. The molecule has 1 unspecified atom stereocenters. The molecule has 1 rings (SSSR count). The zero-order valence-corrected chi connectivity index (χ0v) is 8.40. The SMILES string of the molecule is CCC1=NC/C=C\C=C/C(C)/C=C\1. The van der Waals surface area contributed by atoms with E-state index >= 15 is 0 Å². The molecule has 70 valence electrons. The van der Waals surface area contributed by atoms with E-state index in [9.17, 15) is 0 Å². The van der Waals surface area contributed by atoms with Crippen molar-refractivity contribution in [3.63, 3.8) is 0 Å². The molecular weight excluding hydrogens is 158 g/mol. The Balaban J connectivity index is 2.74. The molecule has 0 saturated heterocycles. The lowest BCUT2D eigenvalue weighted by molar-refractivity contribution is 0.939. The lowest BCUT2D eigenvalue weighted by Crippen LogP contribution is -1.94. The number of aliphatic imine (C=N–C) groups is 1. The molecule has 0 aromatic rings. The van der Waals surface area contributed by atoms with E-state index in [2.05, 4.69) is 55.3 Å². The highest BCUT2D eigenvalue weighted by atomic mass is 14.7. The number of hydrogen-bond acceptors (Lipinski definition) is 1. The van der Waals surface area contributed by atoms with Gasteiger partial charge in [0, 0.05) is 5.71 Å². The highest BCUT2D eigenvalue weighted by Crippen LogP contribution is 2.02. The average Bonchev–Trinajstić information content (AvgIpc) is 2.16. The van der Waals surface area contributed by atoms with Gasteiger partial charge in [-0.2, -0.15) is 0 Å². The fourth-order valence-corrected chi connectivity index (χ4v) is 1.16. The van der Waals surface area contributed by atoms with E-state index in [0.29, 0.717) is 5.92 Å².